The molecule has 2 unspecified atom stereocenters. The lowest BCUT2D eigenvalue weighted by Gasteiger charge is -2.19. The first-order chi connectivity index (χ1) is 14.3. The van der Waals surface area contributed by atoms with Gasteiger partial charge in [-0.2, -0.15) is 0 Å². The maximum Gasteiger partial charge on any atom is 0.306 e. The van der Waals surface area contributed by atoms with Crippen LogP contribution in [0, 0.1) is 5.92 Å². The fourth-order valence-corrected chi connectivity index (χ4v) is 4.70. The summed E-state index contributed by atoms with van der Waals surface area (Å²) in [4.78, 5) is 35.0. The average molecular weight is 448 g/mol. The fourth-order valence-electron chi connectivity index (χ4n) is 3.09. The number of nitrogens with two attached hydrogens (primary N) is 1. The van der Waals surface area contributed by atoms with Crippen LogP contribution >= 0.6 is 23.1 Å². The van der Waals surface area contributed by atoms with E-state index in [1.165, 1.54) is 11.8 Å². The number of aliphatic hydroxyl groups excluding tert-OH is 1. The van der Waals surface area contributed by atoms with Gasteiger partial charge < -0.3 is 16.2 Å². The lowest BCUT2D eigenvalue weighted by Crippen LogP contribution is -2.26. The third-order valence-corrected chi connectivity index (χ3v) is 6.40. The quantitative estimate of drug-likeness (QED) is 0.292. The Morgan fingerprint density at radius 1 is 1.33 bits per heavy atom. The zero-order valence-electron chi connectivity index (χ0n) is 17.0. The number of thioether (sulfide) groups is 1. The minimum atomic E-state index is -0.478. The van der Waals surface area contributed by atoms with Crippen LogP contribution in [-0.2, 0) is 0 Å². The molecule has 0 saturated heterocycles. The lowest BCUT2D eigenvalue weighted by atomic mass is 10.0. The molecule has 1 aromatic carbocycles. The Morgan fingerprint density at radius 3 is 2.77 bits per heavy atom. The van der Waals surface area contributed by atoms with Crippen LogP contribution in [0.3, 0.4) is 0 Å². The number of amides is 1. The van der Waals surface area contributed by atoms with E-state index in [9.17, 15) is 14.7 Å². The molecule has 0 aliphatic carbocycles. The Balaban J connectivity index is 1.91. The van der Waals surface area contributed by atoms with Gasteiger partial charge in [-0.25, -0.2) is 9.97 Å². The first-order valence-electron chi connectivity index (χ1n) is 9.61. The summed E-state index contributed by atoms with van der Waals surface area (Å²) in [6, 6.07) is 6.96. The van der Waals surface area contributed by atoms with E-state index >= 15 is 0 Å². The number of anilines is 1. The highest BCUT2D eigenvalue weighted by Gasteiger charge is 2.18. The van der Waals surface area contributed by atoms with Gasteiger partial charge in [-0.15, -0.1) is 0 Å². The number of thiazole rings is 1. The van der Waals surface area contributed by atoms with Crippen molar-refractivity contribution in [3.05, 3.63) is 45.1 Å². The average Bonchev–Trinajstić information content (AvgIpc) is 3.07. The number of hydrogen-bond donors (Lipinski definition) is 4. The molecule has 8 nitrogen and oxygen atoms in total. The molecule has 2 atom stereocenters. The standard InChI is InChI=1S/C20H25N5O3S2/c1-10(2)7-14(9-26)22-17-15-18(25-20(28)30-15)24-19(23-17)29-11(3)12-5-4-6-13(8-12)16(21)27/h4-6,8,10-11,14,26H,7,9H2,1-3H3,(H2,21,27)(H2,22,23,24,25,28). The number of aromatic amines is 1. The number of carbonyl (C=O) groups excluding carboxylic acids is 1. The summed E-state index contributed by atoms with van der Waals surface area (Å²) in [6.45, 7) is 6.11. The Kier molecular flexibility index (Phi) is 7.11. The topological polar surface area (TPSA) is 134 Å². The van der Waals surface area contributed by atoms with Gasteiger partial charge in [-0.05, 0) is 37.0 Å². The van der Waals surface area contributed by atoms with E-state index in [1.54, 1.807) is 18.2 Å². The second kappa shape index (κ2) is 9.59. The highest BCUT2D eigenvalue weighted by molar-refractivity contribution is 7.99. The first-order valence-corrected chi connectivity index (χ1v) is 11.3. The molecule has 2 aromatic heterocycles. The predicted molar refractivity (Wildman–Crippen MR) is 121 cm³/mol. The van der Waals surface area contributed by atoms with Gasteiger partial charge in [-0.3, -0.25) is 14.6 Å². The smallest absolute Gasteiger partial charge is 0.306 e. The summed E-state index contributed by atoms with van der Waals surface area (Å²) >= 11 is 2.45. The Bertz CT molecular complexity index is 1100. The molecule has 1 amide bonds. The molecule has 30 heavy (non-hydrogen) atoms. The van der Waals surface area contributed by atoms with Crippen LogP contribution in [0.1, 0.15) is 48.4 Å². The number of hydrogen-bond acceptors (Lipinski definition) is 8. The first kappa shape index (κ1) is 22.3. The molecule has 0 saturated carbocycles. The second-order valence-corrected chi connectivity index (χ2v) is 9.74. The van der Waals surface area contributed by atoms with Crippen LogP contribution in [0.2, 0.25) is 0 Å². The van der Waals surface area contributed by atoms with Gasteiger partial charge in [0.1, 0.15) is 4.70 Å². The highest BCUT2D eigenvalue weighted by atomic mass is 32.2. The van der Waals surface area contributed by atoms with Crippen molar-refractivity contribution in [3.63, 3.8) is 0 Å². The Labute approximate surface area is 182 Å². The van der Waals surface area contributed by atoms with Gasteiger partial charge in [0.2, 0.25) is 5.91 Å². The van der Waals surface area contributed by atoms with E-state index in [-0.39, 0.29) is 22.8 Å². The molecule has 0 spiro atoms. The van der Waals surface area contributed by atoms with Crippen LogP contribution < -0.4 is 15.9 Å². The lowest BCUT2D eigenvalue weighted by molar-refractivity contribution is 0.1000. The van der Waals surface area contributed by atoms with Crippen molar-refractivity contribution in [3.8, 4) is 0 Å². The number of nitrogens with zero attached hydrogens (tertiary/aromatic N) is 2. The monoisotopic (exact) mass is 447 g/mol. The van der Waals surface area contributed by atoms with Crippen molar-refractivity contribution in [1.82, 2.24) is 15.0 Å². The van der Waals surface area contributed by atoms with Crippen LogP contribution in [0.15, 0.2) is 34.2 Å². The number of carbonyl (C=O) groups is 1. The zero-order chi connectivity index (χ0) is 21.8. The molecule has 0 bridgehead atoms. The number of rotatable bonds is 9. The number of fused-ring (bicyclic) bond motifs is 1. The fraction of sp³-hybridized carbons (Fsp3) is 0.400. The normalized spacial score (nSPS) is 13.5. The van der Waals surface area contributed by atoms with Gasteiger partial charge in [0.25, 0.3) is 0 Å². The molecule has 3 aromatic rings. The number of benzene rings is 1. The predicted octanol–water partition coefficient (Wildman–Crippen LogP) is 3.15. The minimum absolute atomic E-state index is 0.0399. The summed E-state index contributed by atoms with van der Waals surface area (Å²) < 4.78 is 0.634. The Hall–Kier alpha value is -2.43. The molecule has 3 rings (SSSR count). The molecule has 0 aliphatic heterocycles. The van der Waals surface area contributed by atoms with Crippen molar-refractivity contribution in [2.24, 2.45) is 11.7 Å². The number of aromatic nitrogens is 3. The molecule has 5 N–H and O–H groups in total. The van der Waals surface area contributed by atoms with Crippen LogP contribution in [0.4, 0.5) is 5.82 Å². The molecule has 160 valence electrons. The van der Waals surface area contributed by atoms with Crippen LogP contribution in [0.5, 0.6) is 0 Å². The molecule has 0 radical (unpaired) electrons. The number of nitrogens with one attached hydrogen (secondary N) is 2. The summed E-state index contributed by atoms with van der Waals surface area (Å²) in [5.41, 5.74) is 7.21. The van der Waals surface area contributed by atoms with Crippen molar-refractivity contribution >= 4 is 45.2 Å². The van der Waals surface area contributed by atoms with E-state index < -0.39 is 5.91 Å². The van der Waals surface area contributed by atoms with Gasteiger partial charge in [-0.1, -0.05) is 49.1 Å². The number of aliphatic hydroxyl groups is 1. The van der Waals surface area contributed by atoms with Crippen molar-refractivity contribution in [2.45, 2.75) is 43.6 Å². The number of H-pyrrole nitrogens is 1. The van der Waals surface area contributed by atoms with Crippen molar-refractivity contribution < 1.29 is 9.90 Å². The molecule has 0 aliphatic rings. The molecular formula is C20H25N5O3S2. The summed E-state index contributed by atoms with van der Waals surface area (Å²) in [5, 5.41) is 13.4. The molecule has 2 heterocycles. The molecule has 10 heteroatoms. The van der Waals surface area contributed by atoms with Crippen LogP contribution in [0.25, 0.3) is 10.3 Å². The van der Waals surface area contributed by atoms with Crippen LogP contribution in [-0.4, -0.2) is 38.6 Å². The zero-order valence-corrected chi connectivity index (χ0v) is 18.6. The van der Waals surface area contributed by atoms with Crippen molar-refractivity contribution in [2.75, 3.05) is 11.9 Å². The summed E-state index contributed by atoms with van der Waals surface area (Å²) in [6.07, 6.45) is 0.764. The van der Waals surface area contributed by atoms with Gasteiger partial charge in [0.15, 0.2) is 16.6 Å². The van der Waals surface area contributed by atoms with E-state index in [0.29, 0.717) is 32.8 Å². The number of primary amides is 1. The largest absolute Gasteiger partial charge is 0.394 e. The highest BCUT2D eigenvalue weighted by Crippen LogP contribution is 2.35. The van der Waals surface area contributed by atoms with Gasteiger partial charge >= 0.3 is 4.87 Å². The SMILES string of the molecule is CC(C)CC(CO)Nc1nc(SC(C)c2cccc(C(N)=O)c2)nc2[nH]c(=O)sc12. The van der Waals surface area contributed by atoms with E-state index in [0.717, 1.165) is 23.3 Å². The summed E-state index contributed by atoms with van der Waals surface area (Å²) in [7, 11) is 0. The van der Waals surface area contributed by atoms with E-state index in [4.69, 9.17) is 5.73 Å². The third-order valence-electron chi connectivity index (χ3n) is 4.50. The Morgan fingerprint density at radius 2 is 2.10 bits per heavy atom. The maximum absolute atomic E-state index is 11.9. The van der Waals surface area contributed by atoms with Gasteiger partial charge in [0, 0.05) is 10.8 Å². The minimum Gasteiger partial charge on any atom is -0.394 e. The molecular weight excluding hydrogens is 422 g/mol. The van der Waals surface area contributed by atoms with E-state index in [2.05, 4.69) is 34.1 Å². The van der Waals surface area contributed by atoms with Crippen molar-refractivity contribution in [1.29, 1.82) is 0 Å². The summed E-state index contributed by atoms with van der Waals surface area (Å²) in [5.74, 6) is 0.446. The maximum atomic E-state index is 11.9. The van der Waals surface area contributed by atoms with E-state index in [1.807, 2.05) is 13.0 Å². The van der Waals surface area contributed by atoms with Gasteiger partial charge in [0.05, 0.1) is 12.6 Å². The third kappa shape index (κ3) is 5.38. The molecule has 0 fully saturated rings. The second-order valence-electron chi connectivity index (χ2n) is 7.45.